The summed E-state index contributed by atoms with van der Waals surface area (Å²) in [6.07, 6.45) is 1.10. The van der Waals surface area contributed by atoms with Crippen molar-refractivity contribution in [3.63, 3.8) is 0 Å². The van der Waals surface area contributed by atoms with Crippen molar-refractivity contribution in [1.82, 2.24) is 14.6 Å². The highest BCUT2D eigenvalue weighted by atomic mass is 32.2. The molecule has 0 atom stereocenters. The third-order valence-electron chi connectivity index (χ3n) is 3.84. The Labute approximate surface area is 143 Å². The van der Waals surface area contributed by atoms with Crippen LogP contribution in [0.3, 0.4) is 0 Å². The number of thiophene rings is 1. The lowest BCUT2D eigenvalue weighted by molar-refractivity contribution is -0.126. The molecular weight excluding hydrogens is 354 g/mol. The van der Waals surface area contributed by atoms with E-state index in [1.807, 2.05) is 5.38 Å². The Bertz CT molecular complexity index is 734. The van der Waals surface area contributed by atoms with Gasteiger partial charge in [0.2, 0.25) is 5.91 Å². The Balaban J connectivity index is 1.53. The van der Waals surface area contributed by atoms with Crippen LogP contribution < -0.4 is 5.32 Å². The summed E-state index contributed by atoms with van der Waals surface area (Å²) in [7, 11) is -3.40. The molecule has 3 rings (SSSR count). The largest absolute Gasteiger partial charge is 0.350 e. The molecule has 3 heterocycles. The van der Waals surface area contributed by atoms with E-state index in [0.29, 0.717) is 36.7 Å². The molecule has 6 nitrogen and oxygen atoms in total. The molecule has 0 aliphatic carbocycles. The number of carbonyl (C=O) groups excluding carboxylic acids is 1. The fourth-order valence-electron chi connectivity index (χ4n) is 2.54. The summed E-state index contributed by atoms with van der Waals surface area (Å²) >= 11 is 2.72. The number of nitrogens with one attached hydrogen (secondary N) is 1. The van der Waals surface area contributed by atoms with Crippen molar-refractivity contribution >= 4 is 38.6 Å². The van der Waals surface area contributed by atoms with Crippen LogP contribution in [-0.4, -0.2) is 36.7 Å². The summed E-state index contributed by atoms with van der Waals surface area (Å²) in [6, 6.07) is 3.35. The summed E-state index contributed by atoms with van der Waals surface area (Å²) in [6.45, 7) is 1.19. The highest BCUT2D eigenvalue weighted by Gasteiger charge is 2.32. The van der Waals surface area contributed by atoms with Crippen LogP contribution in [0.2, 0.25) is 0 Å². The molecule has 1 amide bonds. The van der Waals surface area contributed by atoms with Gasteiger partial charge in [-0.3, -0.25) is 4.79 Å². The van der Waals surface area contributed by atoms with Gasteiger partial charge < -0.3 is 5.32 Å². The van der Waals surface area contributed by atoms with E-state index in [-0.39, 0.29) is 11.8 Å². The normalized spacial score (nSPS) is 17.2. The molecule has 2 aromatic heterocycles. The van der Waals surface area contributed by atoms with Gasteiger partial charge in [0.25, 0.3) is 10.0 Å². The van der Waals surface area contributed by atoms with Crippen molar-refractivity contribution in [1.29, 1.82) is 0 Å². The van der Waals surface area contributed by atoms with E-state index < -0.39 is 10.0 Å². The smallest absolute Gasteiger partial charge is 0.252 e. The molecule has 0 unspecified atom stereocenters. The number of hydrogen-bond acceptors (Lipinski definition) is 6. The summed E-state index contributed by atoms with van der Waals surface area (Å²) in [4.78, 5) is 16.3. The molecule has 1 aliphatic heterocycles. The molecule has 23 heavy (non-hydrogen) atoms. The number of thiazole rings is 1. The average molecular weight is 372 g/mol. The second-order valence-electron chi connectivity index (χ2n) is 5.31. The van der Waals surface area contributed by atoms with Gasteiger partial charge in [0, 0.05) is 24.4 Å². The number of piperidine rings is 1. The predicted molar refractivity (Wildman–Crippen MR) is 89.8 cm³/mol. The molecule has 124 valence electrons. The summed E-state index contributed by atoms with van der Waals surface area (Å²) in [5.41, 5.74) is 2.58. The standard InChI is InChI=1S/C14H17N3O3S3/c18-14(15-8-12-9-21-10-16-12)11-3-5-17(6-4-11)23(19,20)13-2-1-7-22-13/h1-2,7,9-11H,3-6,8H2,(H,15,18). The van der Waals surface area contributed by atoms with Crippen molar-refractivity contribution in [2.75, 3.05) is 13.1 Å². The second kappa shape index (κ2) is 7.08. The Hall–Kier alpha value is -1.29. The quantitative estimate of drug-likeness (QED) is 0.871. The lowest BCUT2D eigenvalue weighted by Gasteiger charge is -2.30. The Morgan fingerprint density at radius 3 is 2.78 bits per heavy atom. The summed E-state index contributed by atoms with van der Waals surface area (Å²) in [5, 5.41) is 6.53. The first kappa shape index (κ1) is 16.6. The lowest BCUT2D eigenvalue weighted by Crippen LogP contribution is -2.42. The van der Waals surface area contributed by atoms with Gasteiger partial charge in [0.15, 0.2) is 0 Å². The van der Waals surface area contributed by atoms with Crippen molar-refractivity contribution < 1.29 is 13.2 Å². The number of sulfonamides is 1. The van der Waals surface area contributed by atoms with Crippen LogP contribution in [0.25, 0.3) is 0 Å². The van der Waals surface area contributed by atoms with Crippen LogP contribution in [0.4, 0.5) is 0 Å². The van der Waals surface area contributed by atoms with Gasteiger partial charge >= 0.3 is 0 Å². The fraction of sp³-hybridized carbons (Fsp3) is 0.429. The Morgan fingerprint density at radius 1 is 1.39 bits per heavy atom. The molecule has 1 aliphatic rings. The van der Waals surface area contributed by atoms with Gasteiger partial charge in [0.05, 0.1) is 17.7 Å². The minimum atomic E-state index is -3.40. The van der Waals surface area contributed by atoms with Gasteiger partial charge in [-0.2, -0.15) is 4.31 Å². The number of nitrogens with zero attached hydrogens (tertiary/aromatic N) is 2. The summed E-state index contributed by atoms with van der Waals surface area (Å²) in [5.74, 6) is -0.158. The van der Waals surface area contributed by atoms with E-state index in [1.165, 1.54) is 27.0 Å². The number of hydrogen-bond donors (Lipinski definition) is 1. The molecule has 1 fully saturated rings. The third-order valence-corrected chi connectivity index (χ3v) is 7.75. The number of carbonyl (C=O) groups is 1. The molecule has 1 N–H and O–H groups in total. The minimum absolute atomic E-state index is 0.0221. The second-order valence-corrected chi connectivity index (χ2v) is 9.14. The van der Waals surface area contributed by atoms with E-state index in [2.05, 4.69) is 10.3 Å². The van der Waals surface area contributed by atoms with E-state index in [1.54, 1.807) is 23.0 Å². The first-order valence-electron chi connectivity index (χ1n) is 7.26. The maximum atomic E-state index is 12.4. The average Bonchev–Trinajstić information content (AvgIpc) is 3.26. The number of aromatic nitrogens is 1. The molecule has 9 heteroatoms. The van der Waals surface area contributed by atoms with Gasteiger partial charge in [-0.15, -0.1) is 22.7 Å². The maximum Gasteiger partial charge on any atom is 0.252 e. The van der Waals surface area contributed by atoms with Crippen molar-refractivity contribution in [3.05, 3.63) is 34.1 Å². The monoisotopic (exact) mass is 371 g/mol. The van der Waals surface area contributed by atoms with Crippen LogP contribution in [0.1, 0.15) is 18.5 Å². The Morgan fingerprint density at radius 2 is 2.17 bits per heavy atom. The molecule has 0 saturated carbocycles. The minimum Gasteiger partial charge on any atom is -0.350 e. The highest BCUT2D eigenvalue weighted by molar-refractivity contribution is 7.91. The third kappa shape index (κ3) is 3.79. The van der Waals surface area contributed by atoms with Gasteiger partial charge in [-0.05, 0) is 24.3 Å². The molecule has 0 bridgehead atoms. The van der Waals surface area contributed by atoms with E-state index in [0.717, 1.165) is 5.69 Å². The van der Waals surface area contributed by atoms with Crippen LogP contribution >= 0.6 is 22.7 Å². The van der Waals surface area contributed by atoms with Crippen molar-refractivity contribution in [2.45, 2.75) is 23.6 Å². The molecular formula is C14H17N3O3S3. The first-order valence-corrected chi connectivity index (χ1v) is 10.5. The Kier molecular flexibility index (Phi) is 5.10. The first-order chi connectivity index (χ1) is 11.1. The number of amides is 1. The van der Waals surface area contributed by atoms with Gasteiger partial charge in [0.1, 0.15) is 4.21 Å². The zero-order valence-electron chi connectivity index (χ0n) is 12.3. The fourth-order valence-corrected chi connectivity index (χ4v) is 5.72. The van der Waals surface area contributed by atoms with Gasteiger partial charge in [-0.1, -0.05) is 6.07 Å². The van der Waals surface area contributed by atoms with Crippen molar-refractivity contribution in [3.8, 4) is 0 Å². The van der Waals surface area contributed by atoms with E-state index in [4.69, 9.17) is 0 Å². The van der Waals surface area contributed by atoms with Crippen LogP contribution in [0.15, 0.2) is 32.6 Å². The zero-order valence-corrected chi connectivity index (χ0v) is 14.8. The molecule has 0 radical (unpaired) electrons. The van der Waals surface area contributed by atoms with Crippen molar-refractivity contribution in [2.24, 2.45) is 5.92 Å². The SMILES string of the molecule is O=C(NCc1cscn1)C1CCN(S(=O)(=O)c2cccs2)CC1. The topological polar surface area (TPSA) is 79.4 Å². The summed E-state index contributed by atoms with van der Waals surface area (Å²) < 4.78 is 26.7. The molecule has 0 spiro atoms. The predicted octanol–water partition coefficient (Wildman–Crippen LogP) is 1.92. The molecule has 0 aromatic carbocycles. The van der Waals surface area contributed by atoms with Crippen LogP contribution in [0, 0.1) is 5.92 Å². The molecule has 1 saturated heterocycles. The highest BCUT2D eigenvalue weighted by Crippen LogP contribution is 2.26. The maximum absolute atomic E-state index is 12.4. The van der Waals surface area contributed by atoms with Gasteiger partial charge in [-0.25, -0.2) is 13.4 Å². The van der Waals surface area contributed by atoms with Crippen LogP contribution in [0.5, 0.6) is 0 Å². The van der Waals surface area contributed by atoms with E-state index >= 15 is 0 Å². The zero-order chi connectivity index (χ0) is 16.3. The van der Waals surface area contributed by atoms with E-state index in [9.17, 15) is 13.2 Å². The van der Waals surface area contributed by atoms with Crippen LogP contribution in [-0.2, 0) is 21.4 Å². The number of rotatable bonds is 5. The molecule has 2 aromatic rings. The lowest BCUT2D eigenvalue weighted by atomic mass is 9.97.